The predicted octanol–water partition coefficient (Wildman–Crippen LogP) is 4.42. The first-order valence-electron chi connectivity index (χ1n) is 11.4. The Morgan fingerprint density at radius 1 is 1.09 bits per heavy atom. The maximum Gasteiger partial charge on any atom is 0.410 e. The van der Waals surface area contributed by atoms with Crippen LogP contribution in [0.5, 0.6) is 0 Å². The van der Waals surface area contributed by atoms with Gasteiger partial charge in [0.05, 0.1) is 10.3 Å². The van der Waals surface area contributed by atoms with Gasteiger partial charge in [-0.3, -0.25) is 0 Å². The fourth-order valence-corrected chi connectivity index (χ4v) is 6.47. The highest BCUT2D eigenvalue weighted by Gasteiger charge is 2.36. The second kappa shape index (κ2) is 9.23. The van der Waals surface area contributed by atoms with E-state index in [1.165, 1.54) is 10.3 Å². The van der Waals surface area contributed by atoms with E-state index in [9.17, 15) is 13.2 Å². The van der Waals surface area contributed by atoms with Gasteiger partial charge in [0.15, 0.2) is 5.65 Å². The quantitative estimate of drug-likeness (QED) is 0.405. The van der Waals surface area contributed by atoms with Crippen molar-refractivity contribution in [3.63, 3.8) is 0 Å². The molecule has 0 aliphatic carbocycles. The number of ether oxygens (including phenoxy) is 1. The number of nitrogens with zero attached hydrogens (tertiary/aromatic N) is 5. The number of aromatic nitrogens is 3. The van der Waals surface area contributed by atoms with Crippen molar-refractivity contribution in [3.8, 4) is 0 Å². The Bertz CT molecular complexity index is 1370. The zero-order valence-electron chi connectivity index (χ0n) is 20.7. The molecule has 9 nitrogen and oxygen atoms in total. The summed E-state index contributed by atoms with van der Waals surface area (Å²) in [4.78, 5) is 25.7. The first-order chi connectivity index (χ1) is 16.3. The van der Waals surface area contributed by atoms with Crippen molar-refractivity contribution in [2.45, 2.75) is 64.1 Å². The molecule has 2 aromatic heterocycles. The van der Waals surface area contributed by atoms with Crippen molar-refractivity contribution >= 4 is 55.6 Å². The number of fused-ring (bicyclic) bond motifs is 1. The molecule has 0 radical (unpaired) electrons. The van der Waals surface area contributed by atoms with E-state index in [2.05, 4.69) is 37.5 Å². The summed E-state index contributed by atoms with van der Waals surface area (Å²) in [5.74, 6) is 0.653. The second-order valence-electron chi connectivity index (χ2n) is 9.97. The van der Waals surface area contributed by atoms with E-state index >= 15 is 0 Å². The largest absolute Gasteiger partial charge is 0.444 e. The van der Waals surface area contributed by atoms with Crippen LogP contribution in [0.2, 0.25) is 0 Å². The summed E-state index contributed by atoms with van der Waals surface area (Å²) in [5.41, 5.74) is 0.737. The number of benzene rings is 1. The molecule has 11 heteroatoms. The molecule has 3 heterocycles. The molecule has 3 aromatic rings. The van der Waals surface area contributed by atoms with Crippen LogP contribution in [-0.4, -0.2) is 64.1 Å². The summed E-state index contributed by atoms with van der Waals surface area (Å²) in [6.07, 6.45) is 2.64. The van der Waals surface area contributed by atoms with Gasteiger partial charge in [0.25, 0.3) is 10.0 Å². The summed E-state index contributed by atoms with van der Waals surface area (Å²) in [7, 11) is -3.84. The summed E-state index contributed by atoms with van der Waals surface area (Å²) in [5, 5.41) is 0.675. The standard InChI is InChI=1S/C24H30IN5O4S/c1-15-7-9-18(10-8-15)35(32,33)30-13-19(25)20-21(26-14-27-22(20)30)28-11-17(3)29(12-16(28)2)23(31)34-24(4,5)6/h7-10,13-14,16-17H,11-12H2,1-6H3/t16?,17-/m1/s1. The van der Waals surface area contributed by atoms with Gasteiger partial charge in [-0.05, 0) is 76.3 Å². The molecule has 2 atom stereocenters. The lowest BCUT2D eigenvalue weighted by molar-refractivity contribution is 0.0130. The molecule has 0 saturated carbocycles. The Labute approximate surface area is 219 Å². The number of halogens is 1. The number of carbonyl (C=O) groups is 1. The monoisotopic (exact) mass is 611 g/mol. The van der Waals surface area contributed by atoms with Gasteiger partial charge in [-0.2, -0.15) is 0 Å². The van der Waals surface area contributed by atoms with Gasteiger partial charge in [0, 0.05) is 34.9 Å². The van der Waals surface area contributed by atoms with Crippen LogP contribution in [-0.2, 0) is 14.8 Å². The Kier molecular flexibility index (Phi) is 6.77. The van der Waals surface area contributed by atoms with E-state index in [0.29, 0.717) is 29.9 Å². The van der Waals surface area contributed by atoms with Gasteiger partial charge in [-0.15, -0.1) is 0 Å². The minimum absolute atomic E-state index is 0.0651. The first kappa shape index (κ1) is 25.7. The van der Waals surface area contributed by atoms with E-state index in [0.717, 1.165) is 9.13 Å². The zero-order valence-corrected chi connectivity index (χ0v) is 23.7. The van der Waals surface area contributed by atoms with E-state index in [1.54, 1.807) is 35.4 Å². The fraction of sp³-hybridized carbons (Fsp3) is 0.458. The van der Waals surface area contributed by atoms with Gasteiger partial charge in [0.2, 0.25) is 0 Å². The number of hydrogen-bond acceptors (Lipinski definition) is 7. The van der Waals surface area contributed by atoms with Crippen LogP contribution in [0.4, 0.5) is 10.6 Å². The number of hydrogen-bond donors (Lipinski definition) is 0. The molecule has 1 fully saturated rings. The normalized spacial score (nSPS) is 19.3. The van der Waals surface area contributed by atoms with Crippen molar-refractivity contribution in [1.82, 2.24) is 18.8 Å². The summed E-state index contributed by atoms with van der Waals surface area (Å²) in [6.45, 7) is 12.4. The number of anilines is 1. The molecule has 1 amide bonds. The number of aryl methyl sites for hydroxylation is 1. The topological polar surface area (TPSA) is 97.6 Å². The van der Waals surface area contributed by atoms with Crippen LogP contribution >= 0.6 is 22.6 Å². The molecular formula is C24H30IN5O4S. The minimum Gasteiger partial charge on any atom is -0.444 e. The van der Waals surface area contributed by atoms with Gasteiger partial charge < -0.3 is 14.5 Å². The molecule has 1 aliphatic rings. The molecule has 1 saturated heterocycles. The van der Waals surface area contributed by atoms with Crippen LogP contribution in [0.1, 0.15) is 40.2 Å². The lowest BCUT2D eigenvalue weighted by atomic mass is 10.1. The van der Waals surface area contributed by atoms with Crippen molar-refractivity contribution in [1.29, 1.82) is 0 Å². The molecule has 0 spiro atoms. The fourth-order valence-electron chi connectivity index (χ4n) is 4.20. The molecule has 188 valence electrons. The average Bonchev–Trinajstić information content (AvgIpc) is 3.12. The lowest BCUT2D eigenvalue weighted by Crippen LogP contribution is -2.59. The number of amides is 1. The van der Waals surface area contributed by atoms with E-state index in [1.807, 2.05) is 41.5 Å². The number of carbonyl (C=O) groups excluding carboxylic acids is 1. The van der Waals surface area contributed by atoms with E-state index in [-0.39, 0.29) is 23.1 Å². The van der Waals surface area contributed by atoms with Gasteiger partial charge in [-0.1, -0.05) is 17.7 Å². The smallest absolute Gasteiger partial charge is 0.410 e. The average molecular weight is 612 g/mol. The Balaban J connectivity index is 1.71. The van der Waals surface area contributed by atoms with Crippen molar-refractivity contribution in [3.05, 3.63) is 45.9 Å². The highest BCUT2D eigenvalue weighted by molar-refractivity contribution is 14.1. The van der Waals surface area contributed by atoms with Crippen LogP contribution < -0.4 is 4.90 Å². The molecule has 35 heavy (non-hydrogen) atoms. The van der Waals surface area contributed by atoms with Gasteiger partial charge in [-0.25, -0.2) is 27.2 Å². The molecule has 1 aliphatic heterocycles. The van der Waals surface area contributed by atoms with E-state index in [4.69, 9.17) is 4.74 Å². The molecular weight excluding hydrogens is 581 g/mol. The highest BCUT2D eigenvalue weighted by Crippen LogP contribution is 2.34. The SMILES string of the molecule is Cc1ccc(S(=O)(=O)n2cc(I)c3c(N4C[C@@H](C)N(C(=O)OC(C)(C)C)CC4C)ncnc32)cc1. The third-order valence-electron chi connectivity index (χ3n) is 5.95. The lowest BCUT2D eigenvalue weighted by Gasteiger charge is -2.44. The molecule has 4 rings (SSSR count). The van der Waals surface area contributed by atoms with Crippen molar-refractivity contribution in [2.75, 3.05) is 18.0 Å². The predicted molar refractivity (Wildman–Crippen MR) is 143 cm³/mol. The van der Waals surface area contributed by atoms with Gasteiger partial charge >= 0.3 is 6.09 Å². The third-order valence-corrected chi connectivity index (χ3v) is 8.43. The maximum atomic E-state index is 13.4. The zero-order chi connectivity index (χ0) is 25.7. The summed E-state index contributed by atoms with van der Waals surface area (Å²) >= 11 is 2.13. The third kappa shape index (κ3) is 4.97. The van der Waals surface area contributed by atoms with Gasteiger partial charge in [0.1, 0.15) is 17.7 Å². The summed E-state index contributed by atoms with van der Waals surface area (Å²) < 4.78 is 34.4. The molecule has 0 bridgehead atoms. The Morgan fingerprint density at radius 2 is 1.74 bits per heavy atom. The number of rotatable bonds is 3. The maximum absolute atomic E-state index is 13.4. The first-order valence-corrected chi connectivity index (χ1v) is 13.9. The van der Waals surface area contributed by atoms with Crippen LogP contribution in [0.15, 0.2) is 41.7 Å². The Hall–Kier alpha value is -2.41. The Morgan fingerprint density at radius 3 is 2.37 bits per heavy atom. The van der Waals surface area contributed by atoms with Crippen molar-refractivity contribution < 1.29 is 17.9 Å². The molecule has 0 N–H and O–H groups in total. The van der Waals surface area contributed by atoms with Crippen LogP contribution in [0.3, 0.4) is 0 Å². The van der Waals surface area contributed by atoms with Crippen LogP contribution in [0.25, 0.3) is 11.0 Å². The van der Waals surface area contributed by atoms with E-state index < -0.39 is 15.6 Å². The molecule has 1 unspecified atom stereocenters. The number of piperazine rings is 1. The molecule has 1 aromatic carbocycles. The van der Waals surface area contributed by atoms with Crippen LogP contribution in [0, 0.1) is 10.5 Å². The minimum atomic E-state index is -3.84. The second-order valence-corrected chi connectivity index (χ2v) is 12.9. The van der Waals surface area contributed by atoms with Crippen molar-refractivity contribution in [2.24, 2.45) is 0 Å². The highest BCUT2D eigenvalue weighted by atomic mass is 127. The summed E-state index contributed by atoms with van der Waals surface area (Å²) in [6, 6.07) is 6.57.